The van der Waals surface area contributed by atoms with Gasteiger partial charge in [-0.15, -0.1) is 0 Å². The quantitative estimate of drug-likeness (QED) is 0.519. The van der Waals surface area contributed by atoms with E-state index in [1.54, 1.807) is 24.3 Å². The molecule has 1 N–H and O–H groups in total. The van der Waals surface area contributed by atoms with Crippen molar-refractivity contribution in [2.24, 2.45) is 0 Å². The summed E-state index contributed by atoms with van der Waals surface area (Å²) >= 11 is 5.84. The second-order valence-electron chi connectivity index (χ2n) is 5.89. The summed E-state index contributed by atoms with van der Waals surface area (Å²) < 4.78 is 14.8. The molecule has 3 rings (SSSR count). The lowest BCUT2D eigenvalue weighted by molar-refractivity contribution is -0.387. The molecule has 28 heavy (non-hydrogen) atoms. The Kier molecular flexibility index (Phi) is 5.51. The van der Waals surface area contributed by atoms with Gasteiger partial charge < -0.3 is 9.88 Å². The number of carbonyl (C=O) groups excluding carboxylic acids is 1. The van der Waals surface area contributed by atoms with E-state index in [1.807, 2.05) is 0 Å². The maximum atomic E-state index is 13.4. The molecule has 0 aliphatic heterocycles. The Morgan fingerprint density at radius 3 is 2.54 bits per heavy atom. The number of anilines is 1. The summed E-state index contributed by atoms with van der Waals surface area (Å²) in [5.74, 6) is -1.59. The van der Waals surface area contributed by atoms with Crippen LogP contribution in [0.5, 0.6) is 0 Å². The second kappa shape index (κ2) is 8.01. The van der Waals surface area contributed by atoms with Crippen LogP contribution in [0.4, 0.5) is 15.8 Å². The average molecular weight is 402 g/mol. The van der Waals surface area contributed by atoms with Gasteiger partial charge in [-0.1, -0.05) is 23.7 Å². The fraction of sp³-hybridized carbons (Fsp3) is 0.0526. The van der Waals surface area contributed by atoms with Gasteiger partial charge in [0.2, 0.25) is 5.82 Å². The predicted molar refractivity (Wildman–Crippen MR) is 102 cm³/mol. The zero-order valence-electron chi connectivity index (χ0n) is 14.3. The van der Waals surface area contributed by atoms with E-state index in [0.717, 1.165) is 17.7 Å². The van der Waals surface area contributed by atoms with E-state index in [4.69, 9.17) is 11.6 Å². The number of hydrogen-bond acceptors (Lipinski definition) is 4. The Morgan fingerprint density at radius 1 is 1.14 bits per heavy atom. The fourth-order valence-electron chi connectivity index (χ4n) is 2.51. The van der Waals surface area contributed by atoms with Crippen LogP contribution in [0.1, 0.15) is 15.9 Å². The Morgan fingerprint density at radius 2 is 1.86 bits per heavy atom. The molecule has 0 saturated heterocycles. The molecular formula is C19H13ClFN3O4. The number of halogens is 2. The molecule has 0 atom stereocenters. The van der Waals surface area contributed by atoms with E-state index >= 15 is 0 Å². The summed E-state index contributed by atoms with van der Waals surface area (Å²) in [5.41, 5.74) is 0.00161. The Labute approximate surface area is 163 Å². The number of benzene rings is 2. The highest BCUT2D eigenvalue weighted by atomic mass is 35.5. The van der Waals surface area contributed by atoms with Crippen LogP contribution in [0.3, 0.4) is 0 Å². The smallest absolute Gasteiger partial charge is 0.306 e. The van der Waals surface area contributed by atoms with Crippen molar-refractivity contribution in [1.82, 2.24) is 4.57 Å². The molecule has 0 fully saturated rings. The fourth-order valence-corrected chi connectivity index (χ4v) is 2.64. The van der Waals surface area contributed by atoms with Crippen molar-refractivity contribution in [3.05, 3.63) is 103 Å². The summed E-state index contributed by atoms with van der Waals surface area (Å²) in [6.45, 7) is 0.235. The zero-order chi connectivity index (χ0) is 20.3. The van der Waals surface area contributed by atoms with Gasteiger partial charge in [0, 0.05) is 29.0 Å². The molecule has 1 amide bonds. The molecule has 0 radical (unpaired) electrons. The van der Waals surface area contributed by atoms with Crippen LogP contribution in [0.15, 0.2) is 65.6 Å². The second-order valence-corrected chi connectivity index (χ2v) is 6.32. The number of nitrogens with one attached hydrogen (secondary N) is 1. The first-order valence-electron chi connectivity index (χ1n) is 8.04. The van der Waals surface area contributed by atoms with Gasteiger partial charge in [-0.3, -0.25) is 19.7 Å². The largest absolute Gasteiger partial charge is 0.322 e. The van der Waals surface area contributed by atoms with Gasteiger partial charge in [-0.25, -0.2) is 0 Å². The molecule has 0 bridgehead atoms. The van der Waals surface area contributed by atoms with E-state index < -0.39 is 22.3 Å². The number of nitrogens with zero attached hydrogens (tertiary/aromatic N) is 2. The third-order valence-electron chi connectivity index (χ3n) is 3.91. The van der Waals surface area contributed by atoms with E-state index in [2.05, 4.69) is 5.32 Å². The van der Waals surface area contributed by atoms with Crippen LogP contribution in [-0.2, 0) is 6.54 Å². The van der Waals surface area contributed by atoms with E-state index in [1.165, 1.54) is 29.0 Å². The van der Waals surface area contributed by atoms with E-state index in [0.29, 0.717) is 5.02 Å². The topological polar surface area (TPSA) is 94.2 Å². The van der Waals surface area contributed by atoms with Gasteiger partial charge >= 0.3 is 5.69 Å². The zero-order valence-corrected chi connectivity index (χ0v) is 15.0. The molecule has 2 aromatic carbocycles. The SMILES string of the molecule is O=C(Nc1ccc(F)c([N+](=O)[O-])c1)c1ccc(=O)n(Cc2ccc(Cl)cc2)c1. The molecule has 1 aromatic heterocycles. The van der Waals surface area contributed by atoms with Crippen molar-refractivity contribution in [2.75, 3.05) is 5.32 Å². The van der Waals surface area contributed by atoms with E-state index in [9.17, 15) is 24.1 Å². The van der Waals surface area contributed by atoms with Crippen LogP contribution >= 0.6 is 11.6 Å². The Balaban J connectivity index is 1.83. The van der Waals surface area contributed by atoms with Crippen LogP contribution < -0.4 is 10.9 Å². The molecule has 3 aromatic rings. The number of amides is 1. The first kappa shape index (κ1) is 19.2. The van der Waals surface area contributed by atoms with Gasteiger partial charge in [0.15, 0.2) is 0 Å². The minimum atomic E-state index is -1.00. The third kappa shape index (κ3) is 4.41. The first-order chi connectivity index (χ1) is 13.3. The van der Waals surface area contributed by atoms with Crippen molar-refractivity contribution in [1.29, 1.82) is 0 Å². The van der Waals surface area contributed by atoms with Crippen molar-refractivity contribution in [3.8, 4) is 0 Å². The lowest BCUT2D eigenvalue weighted by Crippen LogP contribution is -2.22. The number of nitro benzene ring substituents is 1. The Bertz CT molecular complexity index is 1110. The lowest BCUT2D eigenvalue weighted by Gasteiger charge is -2.09. The molecule has 9 heteroatoms. The highest BCUT2D eigenvalue weighted by molar-refractivity contribution is 6.30. The van der Waals surface area contributed by atoms with Crippen molar-refractivity contribution >= 4 is 28.9 Å². The van der Waals surface area contributed by atoms with Gasteiger partial charge in [0.05, 0.1) is 17.0 Å². The number of pyridine rings is 1. The number of rotatable bonds is 5. The molecule has 1 heterocycles. The van der Waals surface area contributed by atoms with Crippen LogP contribution in [0.25, 0.3) is 0 Å². The van der Waals surface area contributed by atoms with Crippen LogP contribution in [-0.4, -0.2) is 15.4 Å². The van der Waals surface area contributed by atoms with Gasteiger partial charge in [0.1, 0.15) is 0 Å². The molecule has 0 unspecified atom stereocenters. The third-order valence-corrected chi connectivity index (χ3v) is 4.16. The summed E-state index contributed by atoms with van der Waals surface area (Å²) in [6.07, 6.45) is 1.38. The number of nitro groups is 1. The Hall–Kier alpha value is -3.52. The highest BCUT2D eigenvalue weighted by Crippen LogP contribution is 2.22. The minimum absolute atomic E-state index is 0.0635. The molecule has 0 aliphatic carbocycles. The minimum Gasteiger partial charge on any atom is -0.322 e. The first-order valence-corrected chi connectivity index (χ1v) is 8.41. The standard InChI is InChI=1S/C19H13ClFN3O4/c20-14-4-1-12(2-5-14)10-23-11-13(3-8-18(23)25)19(26)22-15-6-7-16(21)17(9-15)24(27)28/h1-9,11H,10H2,(H,22,26). The predicted octanol–water partition coefficient (Wildman–Crippen LogP) is 3.85. The summed E-state index contributed by atoms with van der Waals surface area (Å²) in [7, 11) is 0. The van der Waals surface area contributed by atoms with Crippen molar-refractivity contribution < 1.29 is 14.1 Å². The normalized spacial score (nSPS) is 10.5. The maximum Gasteiger partial charge on any atom is 0.306 e. The van der Waals surface area contributed by atoms with E-state index in [-0.39, 0.29) is 23.4 Å². The molecule has 0 saturated carbocycles. The number of aromatic nitrogens is 1. The average Bonchev–Trinajstić information content (AvgIpc) is 2.66. The summed E-state index contributed by atoms with van der Waals surface area (Å²) in [6, 6.07) is 12.5. The number of hydrogen-bond donors (Lipinski definition) is 1. The van der Waals surface area contributed by atoms with Crippen molar-refractivity contribution in [2.45, 2.75) is 6.54 Å². The highest BCUT2D eigenvalue weighted by Gasteiger charge is 2.16. The van der Waals surface area contributed by atoms with Crippen LogP contribution in [0.2, 0.25) is 5.02 Å². The lowest BCUT2D eigenvalue weighted by atomic mass is 10.2. The summed E-state index contributed by atoms with van der Waals surface area (Å²) in [5, 5.41) is 13.8. The molecule has 7 nitrogen and oxygen atoms in total. The number of carbonyl (C=O) groups is 1. The monoisotopic (exact) mass is 401 g/mol. The van der Waals surface area contributed by atoms with Gasteiger partial charge in [0.25, 0.3) is 11.5 Å². The maximum absolute atomic E-state index is 13.4. The summed E-state index contributed by atoms with van der Waals surface area (Å²) in [4.78, 5) is 34.4. The van der Waals surface area contributed by atoms with Crippen molar-refractivity contribution in [3.63, 3.8) is 0 Å². The van der Waals surface area contributed by atoms with Gasteiger partial charge in [-0.2, -0.15) is 4.39 Å². The van der Waals surface area contributed by atoms with Crippen LogP contribution in [0, 0.1) is 15.9 Å². The molecule has 0 aliphatic rings. The molecule has 142 valence electrons. The molecular weight excluding hydrogens is 389 g/mol. The molecule has 0 spiro atoms. The van der Waals surface area contributed by atoms with Gasteiger partial charge in [-0.05, 0) is 35.9 Å².